The summed E-state index contributed by atoms with van der Waals surface area (Å²) in [5.74, 6) is 0. The Balaban J connectivity index is 2.02. The molecule has 0 aromatic heterocycles. The van der Waals surface area contributed by atoms with E-state index in [1.807, 2.05) is 12.3 Å². The first-order chi connectivity index (χ1) is 14.0. The van der Waals surface area contributed by atoms with Crippen LogP contribution < -0.4 is 15.8 Å². The second-order valence-corrected chi connectivity index (χ2v) is 8.86. The van der Waals surface area contributed by atoms with Gasteiger partial charge in [-0.15, -0.1) is 0 Å². The molecule has 0 saturated carbocycles. The predicted octanol–water partition coefficient (Wildman–Crippen LogP) is 5.55. The average molecular weight is 409 g/mol. The van der Waals surface area contributed by atoms with Crippen molar-refractivity contribution in [2.45, 2.75) is 46.3 Å². The molecule has 156 valence electrons. The molecule has 4 heteroatoms. The molecular formula is C26H26F3N. The molecule has 1 heterocycles. The summed E-state index contributed by atoms with van der Waals surface area (Å²) in [5, 5.41) is 4.99. The zero-order chi connectivity index (χ0) is 21.8. The minimum Gasteiger partial charge on any atom is -0.383 e. The Kier molecular flexibility index (Phi) is 4.72. The van der Waals surface area contributed by atoms with Crippen LogP contribution in [0.5, 0.6) is 0 Å². The van der Waals surface area contributed by atoms with E-state index in [1.54, 1.807) is 6.92 Å². The zero-order valence-corrected chi connectivity index (χ0v) is 17.7. The number of halogens is 3. The van der Waals surface area contributed by atoms with Crippen molar-refractivity contribution < 1.29 is 13.2 Å². The van der Waals surface area contributed by atoms with E-state index in [2.05, 4.69) is 56.9 Å². The Labute approximate surface area is 175 Å². The van der Waals surface area contributed by atoms with Crippen molar-refractivity contribution >= 4 is 17.2 Å². The van der Waals surface area contributed by atoms with Gasteiger partial charge in [-0.25, -0.2) is 0 Å². The number of fused-ring (bicyclic) bond motifs is 2. The Morgan fingerprint density at radius 2 is 1.77 bits per heavy atom. The fourth-order valence-electron chi connectivity index (χ4n) is 4.95. The minimum absolute atomic E-state index is 0.0247. The van der Waals surface area contributed by atoms with E-state index in [-0.39, 0.29) is 11.5 Å². The maximum Gasteiger partial charge on any atom is 0.416 e. The molecule has 0 saturated heterocycles. The zero-order valence-electron chi connectivity index (χ0n) is 17.7. The Bertz CT molecular complexity index is 1180. The highest BCUT2D eigenvalue weighted by Crippen LogP contribution is 2.48. The quantitative estimate of drug-likeness (QED) is 0.685. The molecule has 2 atom stereocenters. The van der Waals surface area contributed by atoms with E-state index in [4.69, 9.17) is 0 Å². The van der Waals surface area contributed by atoms with Gasteiger partial charge >= 0.3 is 6.18 Å². The number of hydrogen-bond acceptors (Lipinski definition) is 1. The smallest absolute Gasteiger partial charge is 0.383 e. The number of allylic oxidation sites excluding steroid dienone is 2. The highest BCUT2D eigenvalue weighted by molar-refractivity contribution is 5.73. The van der Waals surface area contributed by atoms with Gasteiger partial charge in [0.25, 0.3) is 0 Å². The SMILES string of the molecule is C=C(C)c1cc(C(F)(F)F)cc2c1=CCC1(C)C=2C=CNC1c1cc(C)cc(C)c1. The summed E-state index contributed by atoms with van der Waals surface area (Å²) < 4.78 is 41.0. The van der Waals surface area contributed by atoms with E-state index in [0.29, 0.717) is 16.4 Å². The third-order valence-corrected chi connectivity index (χ3v) is 6.33. The van der Waals surface area contributed by atoms with E-state index >= 15 is 0 Å². The summed E-state index contributed by atoms with van der Waals surface area (Å²) in [6, 6.07) is 8.96. The molecule has 30 heavy (non-hydrogen) atoms. The van der Waals surface area contributed by atoms with Crippen LogP contribution in [0.25, 0.3) is 17.2 Å². The van der Waals surface area contributed by atoms with Crippen LogP contribution in [0.15, 0.2) is 49.2 Å². The van der Waals surface area contributed by atoms with Crippen LogP contribution in [0.3, 0.4) is 0 Å². The number of hydrogen-bond donors (Lipinski definition) is 1. The van der Waals surface area contributed by atoms with Crippen molar-refractivity contribution in [3.05, 3.63) is 87.4 Å². The molecule has 2 aromatic rings. The number of alkyl halides is 3. The molecule has 2 aromatic carbocycles. The van der Waals surface area contributed by atoms with E-state index in [1.165, 1.54) is 23.3 Å². The van der Waals surface area contributed by atoms with E-state index in [0.717, 1.165) is 22.8 Å². The van der Waals surface area contributed by atoms with Gasteiger partial charge in [-0.2, -0.15) is 13.2 Å². The molecule has 2 unspecified atom stereocenters. The first-order valence-corrected chi connectivity index (χ1v) is 10.1. The Morgan fingerprint density at radius 1 is 1.10 bits per heavy atom. The van der Waals surface area contributed by atoms with Gasteiger partial charge in [-0.1, -0.05) is 54.5 Å². The van der Waals surface area contributed by atoms with E-state index in [9.17, 15) is 13.2 Å². The minimum atomic E-state index is -4.41. The van der Waals surface area contributed by atoms with Crippen molar-refractivity contribution in [3.63, 3.8) is 0 Å². The molecule has 0 fully saturated rings. The lowest BCUT2D eigenvalue weighted by Crippen LogP contribution is -2.46. The molecule has 4 rings (SSSR count). The van der Waals surface area contributed by atoms with Gasteiger partial charge in [-0.3, -0.25) is 0 Å². The van der Waals surface area contributed by atoms with E-state index < -0.39 is 11.7 Å². The van der Waals surface area contributed by atoms with Crippen molar-refractivity contribution in [1.82, 2.24) is 5.32 Å². The molecule has 0 radical (unpaired) electrons. The second-order valence-electron chi connectivity index (χ2n) is 8.86. The summed E-state index contributed by atoms with van der Waals surface area (Å²) in [6.45, 7) is 12.0. The highest BCUT2D eigenvalue weighted by atomic mass is 19.4. The van der Waals surface area contributed by atoms with Crippen LogP contribution in [-0.2, 0) is 6.18 Å². The summed E-state index contributed by atoms with van der Waals surface area (Å²) in [6.07, 6.45) is 2.22. The maximum atomic E-state index is 13.7. The van der Waals surface area contributed by atoms with Gasteiger partial charge in [0.05, 0.1) is 11.6 Å². The molecular weight excluding hydrogens is 383 g/mol. The largest absolute Gasteiger partial charge is 0.416 e. The summed E-state index contributed by atoms with van der Waals surface area (Å²) in [5.41, 5.74) is 4.67. The molecule has 0 spiro atoms. The highest BCUT2D eigenvalue weighted by Gasteiger charge is 2.41. The lowest BCUT2D eigenvalue weighted by atomic mass is 9.66. The molecule has 1 aliphatic carbocycles. The number of benzene rings is 2. The van der Waals surface area contributed by atoms with Gasteiger partial charge in [-0.05, 0) is 78.7 Å². The van der Waals surface area contributed by atoms with Crippen LogP contribution >= 0.6 is 0 Å². The molecule has 1 nitrogen and oxygen atoms in total. The lowest BCUT2D eigenvalue weighted by molar-refractivity contribution is -0.137. The van der Waals surface area contributed by atoms with Gasteiger partial charge < -0.3 is 5.32 Å². The molecule has 1 N–H and O–H groups in total. The Hall–Kier alpha value is -2.75. The van der Waals surface area contributed by atoms with Gasteiger partial charge in [0.1, 0.15) is 0 Å². The second kappa shape index (κ2) is 6.90. The molecule has 0 amide bonds. The molecule has 2 aliphatic rings. The third-order valence-electron chi connectivity index (χ3n) is 6.33. The Morgan fingerprint density at radius 3 is 2.37 bits per heavy atom. The molecule has 1 aliphatic heterocycles. The summed E-state index contributed by atoms with van der Waals surface area (Å²) in [7, 11) is 0. The van der Waals surface area contributed by atoms with Crippen molar-refractivity contribution in [1.29, 1.82) is 0 Å². The first kappa shape index (κ1) is 20.5. The van der Waals surface area contributed by atoms with Crippen LogP contribution in [0.4, 0.5) is 13.2 Å². The fraction of sp³-hybridized carbons (Fsp3) is 0.308. The van der Waals surface area contributed by atoms with Crippen molar-refractivity contribution in [2.75, 3.05) is 0 Å². The normalized spacial score (nSPS) is 22.6. The maximum absolute atomic E-state index is 13.7. The summed E-state index contributed by atoms with van der Waals surface area (Å²) >= 11 is 0. The first-order valence-electron chi connectivity index (χ1n) is 10.1. The lowest BCUT2D eigenvalue weighted by Gasteiger charge is -2.43. The standard InChI is InChI=1S/C26H26F3N/c1-15(2)21-13-19(26(27,28)29)14-22-20(21)6-8-25(5)23(22)7-9-30-24(25)18-11-16(3)10-17(4)12-18/h6-7,9-14,24,30H,1,8H2,2-5H3. The van der Waals surface area contributed by atoms with Crippen molar-refractivity contribution in [2.24, 2.45) is 5.41 Å². The van der Waals surface area contributed by atoms with Crippen LogP contribution in [0.2, 0.25) is 0 Å². The summed E-state index contributed by atoms with van der Waals surface area (Å²) in [4.78, 5) is 0. The van der Waals surface area contributed by atoms with Gasteiger partial charge in [0.2, 0.25) is 0 Å². The van der Waals surface area contributed by atoms with Crippen LogP contribution in [0.1, 0.15) is 54.1 Å². The van der Waals surface area contributed by atoms with Crippen molar-refractivity contribution in [3.8, 4) is 0 Å². The number of rotatable bonds is 2. The monoisotopic (exact) mass is 409 g/mol. The number of aryl methyl sites for hydroxylation is 2. The van der Waals surface area contributed by atoms with Gasteiger partial charge in [0, 0.05) is 5.41 Å². The van der Waals surface area contributed by atoms with Gasteiger partial charge in [0.15, 0.2) is 0 Å². The predicted molar refractivity (Wildman–Crippen MR) is 117 cm³/mol. The van der Waals surface area contributed by atoms with Crippen LogP contribution in [0, 0.1) is 19.3 Å². The average Bonchev–Trinajstić information content (AvgIpc) is 2.64. The fourth-order valence-corrected chi connectivity index (χ4v) is 4.95. The van der Waals surface area contributed by atoms with Crippen LogP contribution in [-0.4, -0.2) is 0 Å². The third kappa shape index (κ3) is 3.28. The molecule has 0 bridgehead atoms. The number of nitrogens with one attached hydrogen (secondary N) is 1. The topological polar surface area (TPSA) is 12.0 Å².